The fourth-order valence-electron chi connectivity index (χ4n) is 2.98. The van der Waals surface area contributed by atoms with E-state index in [1.54, 1.807) is 24.3 Å². The summed E-state index contributed by atoms with van der Waals surface area (Å²) >= 11 is 0. The minimum Gasteiger partial charge on any atom is -0.390 e. The molecule has 2 aliphatic rings. The number of hydrogen-bond donors (Lipinski definition) is 2. The molecule has 1 aliphatic carbocycles. The summed E-state index contributed by atoms with van der Waals surface area (Å²) in [6, 6.07) is 9.85. The summed E-state index contributed by atoms with van der Waals surface area (Å²) in [5.74, 6) is -1.25. The number of aliphatic hydroxyl groups excluding tert-OH is 1. The summed E-state index contributed by atoms with van der Waals surface area (Å²) in [7, 11) is 0. The van der Waals surface area contributed by atoms with Crippen molar-refractivity contribution in [1.82, 2.24) is 10.2 Å². The molecule has 120 valence electrons. The van der Waals surface area contributed by atoms with Crippen molar-refractivity contribution in [3.63, 3.8) is 0 Å². The van der Waals surface area contributed by atoms with Gasteiger partial charge in [0.2, 0.25) is 11.8 Å². The molecule has 2 N–H and O–H groups in total. The van der Waals surface area contributed by atoms with Crippen molar-refractivity contribution in [3.05, 3.63) is 60.2 Å². The number of carbonyl (C=O) groups excluding carboxylic acids is 2. The molecule has 1 aromatic rings. The van der Waals surface area contributed by atoms with Crippen LogP contribution in [-0.4, -0.2) is 41.0 Å². The van der Waals surface area contributed by atoms with Gasteiger partial charge in [-0.25, -0.2) is 0 Å². The second kappa shape index (κ2) is 6.89. The smallest absolute Gasteiger partial charge is 0.237 e. The van der Waals surface area contributed by atoms with Crippen LogP contribution in [-0.2, 0) is 16.1 Å². The number of amides is 2. The minimum atomic E-state index is -0.778. The van der Waals surface area contributed by atoms with E-state index in [4.69, 9.17) is 0 Å². The fraction of sp³-hybridized carbons (Fsp3) is 0.333. The number of rotatable bonds is 6. The molecule has 5 nitrogen and oxygen atoms in total. The summed E-state index contributed by atoms with van der Waals surface area (Å²) in [4.78, 5) is 25.7. The highest BCUT2D eigenvalue weighted by Gasteiger charge is 2.45. The van der Waals surface area contributed by atoms with Gasteiger partial charge >= 0.3 is 0 Å². The maximum atomic E-state index is 12.3. The van der Waals surface area contributed by atoms with E-state index in [9.17, 15) is 14.7 Å². The molecule has 23 heavy (non-hydrogen) atoms. The number of carbonyl (C=O) groups is 2. The maximum absolute atomic E-state index is 12.3. The highest BCUT2D eigenvalue weighted by molar-refractivity contribution is 6.07. The summed E-state index contributed by atoms with van der Waals surface area (Å²) in [5.41, 5.74) is 1.12. The number of nitrogens with one attached hydrogen (secondary N) is 1. The molecule has 2 amide bonds. The van der Waals surface area contributed by atoms with Crippen molar-refractivity contribution >= 4 is 11.8 Å². The lowest BCUT2D eigenvalue weighted by atomic mass is 9.91. The van der Waals surface area contributed by atoms with Gasteiger partial charge in [0.05, 0.1) is 24.5 Å². The number of allylic oxidation sites excluding steroid dienone is 2. The minimum absolute atomic E-state index is 0.0358. The molecule has 1 fully saturated rings. The zero-order valence-corrected chi connectivity index (χ0v) is 12.8. The molecular formula is C18H20N2O3. The Kier molecular flexibility index (Phi) is 4.69. The summed E-state index contributed by atoms with van der Waals surface area (Å²) in [6.07, 6.45) is 6.30. The van der Waals surface area contributed by atoms with Gasteiger partial charge in [0, 0.05) is 13.1 Å². The van der Waals surface area contributed by atoms with Crippen LogP contribution in [0.3, 0.4) is 0 Å². The molecule has 1 heterocycles. The number of β-amino-alcohol motifs (C(OH)–C–C–N with tert-alkyl or cyclic N) is 1. The molecule has 3 unspecified atom stereocenters. The molecule has 1 aromatic carbocycles. The molecular weight excluding hydrogens is 292 g/mol. The monoisotopic (exact) mass is 312 g/mol. The van der Waals surface area contributed by atoms with Gasteiger partial charge < -0.3 is 10.4 Å². The molecule has 0 radical (unpaired) electrons. The van der Waals surface area contributed by atoms with Gasteiger partial charge in [-0.2, -0.15) is 0 Å². The normalized spacial score (nSPS) is 24.1. The van der Waals surface area contributed by atoms with E-state index >= 15 is 0 Å². The zero-order chi connectivity index (χ0) is 16.2. The molecule has 0 spiro atoms. The predicted octanol–water partition coefficient (Wildman–Crippen LogP) is 0.864. The van der Waals surface area contributed by atoms with Crippen LogP contribution in [0.25, 0.3) is 0 Å². The Bertz CT molecular complexity index is 609. The Hall–Kier alpha value is -2.24. The third kappa shape index (κ3) is 3.41. The molecule has 3 rings (SSSR count). The van der Waals surface area contributed by atoms with Crippen LogP contribution >= 0.6 is 0 Å². The zero-order valence-electron chi connectivity index (χ0n) is 12.8. The highest BCUT2D eigenvalue weighted by atomic mass is 16.3. The summed E-state index contributed by atoms with van der Waals surface area (Å²) < 4.78 is 0. The first-order chi connectivity index (χ1) is 11.2. The fourth-order valence-corrected chi connectivity index (χ4v) is 2.98. The van der Waals surface area contributed by atoms with E-state index in [0.29, 0.717) is 13.1 Å². The molecule has 3 atom stereocenters. The molecule has 0 saturated carbocycles. The van der Waals surface area contributed by atoms with Gasteiger partial charge in [-0.3, -0.25) is 14.5 Å². The van der Waals surface area contributed by atoms with Crippen molar-refractivity contribution in [2.24, 2.45) is 11.8 Å². The molecule has 1 saturated heterocycles. The Labute approximate surface area is 135 Å². The Balaban J connectivity index is 1.51. The quantitative estimate of drug-likeness (QED) is 0.765. The van der Waals surface area contributed by atoms with Gasteiger partial charge in [0.15, 0.2) is 0 Å². The van der Waals surface area contributed by atoms with Gasteiger partial charge in [-0.15, -0.1) is 0 Å². The van der Waals surface area contributed by atoms with Crippen LogP contribution in [0.2, 0.25) is 0 Å². The number of aliphatic hydroxyl groups is 1. The summed E-state index contributed by atoms with van der Waals surface area (Å²) in [6.45, 7) is 0.998. The van der Waals surface area contributed by atoms with Gasteiger partial charge in [0.1, 0.15) is 0 Å². The number of hydrogen-bond acceptors (Lipinski definition) is 4. The van der Waals surface area contributed by atoms with Crippen LogP contribution in [0.15, 0.2) is 54.6 Å². The van der Waals surface area contributed by atoms with Crippen molar-refractivity contribution in [3.8, 4) is 0 Å². The average molecular weight is 312 g/mol. The molecule has 0 bridgehead atoms. The Morgan fingerprint density at radius 2 is 1.65 bits per heavy atom. The third-order valence-corrected chi connectivity index (χ3v) is 4.18. The second-order valence-electron chi connectivity index (χ2n) is 5.88. The predicted molar refractivity (Wildman–Crippen MR) is 86.1 cm³/mol. The van der Waals surface area contributed by atoms with Gasteiger partial charge in [-0.05, 0) is 5.56 Å². The highest BCUT2D eigenvalue weighted by Crippen LogP contribution is 2.30. The second-order valence-corrected chi connectivity index (χ2v) is 5.88. The lowest BCUT2D eigenvalue weighted by Crippen LogP contribution is -2.41. The number of benzene rings is 1. The standard InChI is InChI=1S/C18H20N2O3/c21-14(11-19-10-13-6-2-1-3-7-13)12-20-17(22)15-8-4-5-9-16(15)18(20)23/h1-9,14-16,19,21H,10-12H2. The first-order valence-corrected chi connectivity index (χ1v) is 7.80. The third-order valence-electron chi connectivity index (χ3n) is 4.18. The lowest BCUT2D eigenvalue weighted by molar-refractivity contribution is -0.141. The SMILES string of the molecule is O=C1C2C=CC=CC2C(=O)N1CC(O)CNCc1ccccc1. The molecule has 1 aliphatic heterocycles. The van der Waals surface area contributed by atoms with E-state index in [1.165, 1.54) is 4.90 Å². The van der Waals surface area contributed by atoms with Crippen molar-refractivity contribution in [2.75, 3.05) is 13.1 Å². The number of likely N-dealkylation sites (tertiary alicyclic amines) is 1. The largest absolute Gasteiger partial charge is 0.390 e. The average Bonchev–Trinajstić information content (AvgIpc) is 2.81. The molecule has 5 heteroatoms. The first kappa shape index (κ1) is 15.6. The van der Waals surface area contributed by atoms with E-state index in [2.05, 4.69) is 5.32 Å². The summed E-state index contributed by atoms with van der Waals surface area (Å²) in [5, 5.41) is 13.3. The van der Waals surface area contributed by atoms with Crippen LogP contribution in [0, 0.1) is 11.8 Å². The van der Waals surface area contributed by atoms with Crippen LogP contribution in [0.5, 0.6) is 0 Å². The Morgan fingerprint density at radius 1 is 1.04 bits per heavy atom. The van der Waals surface area contributed by atoms with Crippen LogP contribution in [0.4, 0.5) is 0 Å². The van der Waals surface area contributed by atoms with Crippen molar-refractivity contribution in [1.29, 1.82) is 0 Å². The van der Waals surface area contributed by atoms with E-state index in [-0.39, 0.29) is 18.4 Å². The van der Waals surface area contributed by atoms with E-state index in [1.807, 2.05) is 30.3 Å². The van der Waals surface area contributed by atoms with Crippen LogP contribution < -0.4 is 5.32 Å². The van der Waals surface area contributed by atoms with E-state index < -0.39 is 17.9 Å². The number of nitrogens with zero attached hydrogens (tertiary/aromatic N) is 1. The van der Waals surface area contributed by atoms with Crippen LogP contribution in [0.1, 0.15) is 5.56 Å². The Morgan fingerprint density at radius 3 is 2.26 bits per heavy atom. The topological polar surface area (TPSA) is 69.6 Å². The first-order valence-electron chi connectivity index (χ1n) is 7.80. The van der Waals surface area contributed by atoms with Gasteiger partial charge in [0.25, 0.3) is 0 Å². The van der Waals surface area contributed by atoms with E-state index in [0.717, 1.165) is 5.56 Å². The number of imide groups is 1. The molecule has 0 aromatic heterocycles. The lowest BCUT2D eigenvalue weighted by Gasteiger charge is -2.19. The maximum Gasteiger partial charge on any atom is 0.237 e. The van der Waals surface area contributed by atoms with Crippen molar-refractivity contribution < 1.29 is 14.7 Å². The van der Waals surface area contributed by atoms with Gasteiger partial charge in [-0.1, -0.05) is 54.6 Å². The van der Waals surface area contributed by atoms with Crippen molar-refractivity contribution in [2.45, 2.75) is 12.6 Å². The number of fused-ring (bicyclic) bond motifs is 1.